The summed E-state index contributed by atoms with van der Waals surface area (Å²) >= 11 is 3.13. The van der Waals surface area contributed by atoms with Gasteiger partial charge in [0, 0.05) is 12.1 Å². The molecule has 0 heterocycles. The van der Waals surface area contributed by atoms with Crippen molar-refractivity contribution in [3.05, 3.63) is 40.6 Å². The topological polar surface area (TPSA) is 56.5 Å². The number of ether oxygens (including phenoxy) is 2. The second-order valence-electron chi connectivity index (χ2n) is 4.04. The molecule has 2 aromatic carbocycles. The molecule has 106 valence electrons. The number of hydrogen-bond donors (Lipinski definition) is 2. The van der Waals surface area contributed by atoms with Crippen LogP contribution >= 0.6 is 15.9 Å². The van der Waals surface area contributed by atoms with Crippen molar-refractivity contribution in [3.63, 3.8) is 0 Å². The first-order valence-electron chi connectivity index (χ1n) is 5.78. The lowest BCUT2D eigenvalue weighted by Gasteiger charge is -2.14. The zero-order chi connectivity index (χ0) is 14.7. The molecule has 0 aliphatic heterocycles. The van der Waals surface area contributed by atoms with Crippen LogP contribution in [0.4, 0.5) is 21.5 Å². The summed E-state index contributed by atoms with van der Waals surface area (Å²) in [6.07, 6.45) is 0. The van der Waals surface area contributed by atoms with Crippen molar-refractivity contribution in [1.29, 1.82) is 0 Å². The summed E-state index contributed by atoms with van der Waals surface area (Å²) in [5.74, 6) is 0.875. The number of benzene rings is 2. The highest BCUT2D eigenvalue weighted by atomic mass is 79.9. The Morgan fingerprint density at radius 1 is 1.10 bits per heavy atom. The number of nitrogens with two attached hydrogens (primary N) is 1. The van der Waals surface area contributed by atoms with Crippen LogP contribution in [0.25, 0.3) is 0 Å². The molecular weight excluding hydrogens is 327 g/mol. The van der Waals surface area contributed by atoms with Gasteiger partial charge in [-0.25, -0.2) is 4.39 Å². The van der Waals surface area contributed by atoms with E-state index in [1.54, 1.807) is 38.5 Å². The summed E-state index contributed by atoms with van der Waals surface area (Å²) in [4.78, 5) is 0. The van der Waals surface area contributed by atoms with Crippen molar-refractivity contribution in [2.24, 2.45) is 0 Å². The third kappa shape index (κ3) is 2.96. The van der Waals surface area contributed by atoms with Gasteiger partial charge < -0.3 is 20.5 Å². The van der Waals surface area contributed by atoms with Crippen LogP contribution in [0.3, 0.4) is 0 Å². The van der Waals surface area contributed by atoms with Crippen molar-refractivity contribution in [1.82, 2.24) is 0 Å². The van der Waals surface area contributed by atoms with E-state index in [2.05, 4.69) is 21.2 Å². The molecule has 2 rings (SSSR count). The Morgan fingerprint density at radius 2 is 1.85 bits per heavy atom. The maximum Gasteiger partial charge on any atom is 0.145 e. The maximum absolute atomic E-state index is 13.3. The van der Waals surface area contributed by atoms with E-state index in [-0.39, 0.29) is 0 Å². The highest BCUT2D eigenvalue weighted by molar-refractivity contribution is 9.10. The fourth-order valence-electron chi connectivity index (χ4n) is 1.72. The molecular formula is C14H14BrFN2O2. The minimum atomic E-state index is -0.408. The molecule has 0 aliphatic carbocycles. The molecule has 0 fully saturated rings. The van der Waals surface area contributed by atoms with Crippen LogP contribution in [0, 0.1) is 5.82 Å². The zero-order valence-electron chi connectivity index (χ0n) is 11.0. The van der Waals surface area contributed by atoms with Crippen LogP contribution in [0.2, 0.25) is 0 Å². The van der Waals surface area contributed by atoms with Gasteiger partial charge in [0.1, 0.15) is 17.3 Å². The number of rotatable bonds is 4. The van der Waals surface area contributed by atoms with E-state index in [9.17, 15) is 4.39 Å². The molecule has 0 unspecified atom stereocenters. The minimum Gasteiger partial charge on any atom is -0.497 e. The largest absolute Gasteiger partial charge is 0.497 e. The fourth-order valence-corrected chi connectivity index (χ4v) is 2.06. The standard InChI is InChI=1S/C14H14BrFN2O2/c1-19-8-3-4-12(14(5-8)20-2)18-13-6-9(15)10(16)7-11(13)17/h3-7,18H,17H2,1-2H3. The number of nitrogen functional groups attached to an aromatic ring is 1. The van der Waals surface area contributed by atoms with Gasteiger partial charge in [-0.05, 0) is 34.1 Å². The molecule has 0 radical (unpaired) electrons. The molecule has 20 heavy (non-hydrogen) atoms. The average Bonchev–Trinajstić information content (AvgIpc) is 2.45. The minimum absolute atomic E-state index is 0.309. The van der Waals surface area contributed by atoms with E-state index in [4.69, 9.17) is 15.2 Å². The van der Waals surface area contributed by atoms with Crippen LogP contribution < -0.4 is 20.5 Å². The van der Waals surface area contributed by atoms with E-state index in [1.807, 2.05) is 0 Å². The Labute approximate surface area is 124 Å². The highest BCUT2D eigenvalue weighted by Crippen LogP contribution is 2.34. The maximum atomic E-state index is 13.3. The Bertz CT molecular complexity index is 635. The Kier molecular flexibility index (Phi) is 4.34. The molecule has 6 heteroatoms. The van der Waals surface area contributed by atoms with Gasteiger partial charge in [-0.15, -0.1) is 0 Å². The molecule has 2 aromatic rings. The van der Waals surface area contributed by atoms with Crippen LogP contribution in [-0.2, 0) is 0 Å². The molecule has 3 N–H and O–H groups in total. The highest BCUT2D eigenvalue weighted by Gasteiger charge is 2.10. The molecule has 0 saturated carbocycles. The van der Waals surface area contributed by atoms with Crippen molar-refractivity contribution in [2.45, 2.75) is 0 Å². The smallest absolute Gasteiger partial charge is 0.145 e. The van der Waals surface area contributed by atoms with Crippen LogP contribution in [0.1, 0.15) is 0 Å². The summed E-state index contributed by atoms with van der Waals surface area (Å²) < 4.78 is 24.1. The predicted octanol–water partition coefficient (Wildman–Crippen LogP) is 3.93. The van der Waals surface area contributed by atoms with Gasteiger partial charge in [-0.1, -0.05) is 0 Å². The van der Waals surface area contributed by atoms with Gasteiger partial charge in [0.2, 0.25) is 0 Å². The van der Waals surface area contributed by atoms with Gasteiger partial charge in [-0.3, -0.25) is 0 Å². The van der Waals surface area contributed by atoms with Crippen LogP contribution in [-0.4, -0.2) is 14.2 Å². The summed E-state index contributed by atoms with van der Waals surface area (Å²) in [7, 11) is 3.14. The third-order valence-corrected chi connectivity index (χ3v) is 3.38. The molecule has 0 spiro atoms. The van der Waals surface area contributed by atoms with Crippen molar-refractivity contribution < 1.29 is 13.9 Å². The number of anilines is 3. The first kappa shape index (κ1) is 14.5. The van der Waals surface area contributed by atoms with Crippen molar-refractivity contribution in [3.8, 4) is 11.5 Å². The Balaban J connectivity index is 2.37. The van der Waals surface area contributed by atoms with Gasteiger partial charge in [0.25, 0.3) is 0 Å². The SMILES string of the molecule is COc1ccc(Nc2cc(Br)c(F)cc2N)c(OC)c1. The molecule has 0 saturated heterocycles. The average molecular weight is 341 g/mol. The molecule has 0 amide bonds. The van der Waals surface area contributed by atoms with Gasteiger partial charge >= 0.3 is 0 Å². The number of methoxy groups -OCH3 is 2. The number of nitrogens with one attached hydrogen (secondary N) is 1. The summed E-state index contributed by atoms with van der Waals surface area (Å²) in [5.41, 5.74) is 7.40. The van der Waals surface area contributed by atoms with Gasteiger partial charge in [-0.2, -0.15) is 0 Å². The van der Waals surface area contributed by atoms with Crippen LogP contribution in [0.15, 0.2) is 34.8 Å². The number of halogens is 2. The summed E-state index contributed by atoms with van der Waals surface area (Å²) in [6, 6.07) is 8.17. The quantitative estimate of drug-likeness (QED) is 0.828. The van der Waals surface area contributed by atoms with Crippen molar-refractivity contribution >= 4 is 33.0 Å². The fraction of sp³-hybridized carbons (Fsp3) is 0.143. The number of hydrogen-bond acceptors (Lipinski definition) is 4. The summed E-state index contributed by atoms with van der Waals surface area (Å²) in [6.45, 7) is 0. The predicted molar refractivity (Wildman–Crippen MR) is 81.3 cm³/mol. The van der Waals surface area contributed by atoms with E-state index in [1.165, 1.54) is 6.07 Å². The van der Waals surface area contributed by atoms with E-state index in [0.29, 0.717) is 33.0 Å². The molecule has 0 aromatic heterocycles. The molecule has 0 atom stereocenters. The van der Waals surface area contributed by atoms with Crippen molar-refractivity contribution in [2.75, 3.05) is 25.3 Å². The second kappa shape index (κ2) is 6.00. The van der Waals surface area contributed by atoms with Gasteiger partial charge in [0.05, 0.1) is 35.8 Å². The van der Waals surface area contributed by atoms with Gasteiger partial charge in [0.15, 0.2) is 0 Å². The molecule has 4 nitrogen and oxygen atoms in total. The second-order valence-corrected chi connectivity index (χ2v) is 4.90. The van der Waals surface area contributed by atoms with E-state index in [0.717, 1.165) is 0 Å². The molecule has 0 aliphatic rings. The third-order valence-electron chi connectivity index (χ3n) is 2.77. The monoisotopic (exact) mass is 340 g/mol. The lowest BCUT2D eigenvalue weighted by atomic mass is 10.2. The Morgan fingerprint density at radius 3 is 2.50 bits per heavy atom. The van der Waals surface area contributed by atoms with E-state index < -0.39 is 5.82 Å². The van der Waals surface area contributed by atoms with Crippen LogP contribution in [0.5, 0.6) is 11.5 Å². The molecule has 0 bridgehead atoms. The first-order chi connectivity index (χ1) is 9.55. The Hall–Kier alpha value is -1.95. The summed E-state index contributed by atoms with van der Waals surface area (Å²) in [5, 5.41) is 3.11. The van der Waals surface area contributed by atoms with E-state index >= 15 is 0 Å². The lowest BCUT2D eigenvalue weighted by molar-refractivity contribution is 0.395. The first-order valence-corrected chi connectivity index (χ1v) is 6.58. The zero-order valence-corrected chi connectivity index (χ0v) is 12.6. The lowest BCUT2D eigenvalue weighted by Crippen LogP contribution is -2.00. The normalized spacial score (nSPS) is 10.2.